The summed E-state index contributed by atoms with van der Waals surface area (Å²) in [5.74, 6) is 0.858. The zero-order valence-electron chi connectivity index (χ0n) is 35.0. The van der Waals surface area contributed by atoms with Crippen LogP contribution in [-0.4, -0.2) is 0 Å². The molecule has 0 amide bonds. The molecule has 0 saturated heterocycles. The van der Waals surface area contributed by atoms with Gasteiger partial charge in [-0.25, -0.2) is 0 Å². The van der Waals surface area contributed by atoms with Crippen LogP contribution in [0.1, 0.15) is 0 Å². The molecule has 0 atom stereocenters. The number of rotatable bonds is 8. The summed E-state index contributed by atoms with van der Waals surface area (Å²) >= 11 is 0. The Labute approximate surface area is 372 Å². The number of furan rings is 1. The van der Waals surface area contributed by atoms with Crippen LogP contribution in [0, 0.1) is 0 Å². The fourth-order valence-electron chi connectivity index (χ4n) is 9.42. The van der Waals surface area contributed by atoms with Crippen LogP contribution >= 0.6 is 0 Å². The zero-order valence-corrected chi connectivity index (χ0v) is 35.0. The molecule has 0 spiro atoms. The highest BCUT2D eigenvalue weighted by Crippen LogP contribution is 2.42. The van der Waals surface area contributed by atoms with Crippen molar-refractivity contribution < 1.29 is 4.42 Å². The molecule has 0 unspecified atom stereocenters. The molecule has 0 bridgehead atoms. The average Bonchev–Trinajstić information content (AvgIpc) is 3.81. The average molecular weight is 816 g/mol. The van der Waals surface area contributed by atoms with E-state index >= 15 is 0 Å². The van der Waals surface area contributed by atoms with Gasteiger partial charge in [0, 0.05) is 28.0 Å². The van der Waals surface area contributed by atoms with E-state index < -0.39 is 0 Å². The van der Waals surface area contributed by atoms with Gasteiger partial charge in [0.2, 0.25) is 0 Å². The Hall–Kier alpha value is -8.46. The van der Waals surface area contributed by atoms with Crippen molar-refractivity contribution in [3.63, 3.8) is 0 Å². The molecule has 0 aliphatic carbocycles. The standard InChI is InChI=1S/C62H41NO/c1-2-13-45(14-3-1)56-37-30-49(39-60(56)62-41-51-17-7-11-21-61(51)64-62)44-26-33-53(34-27-44)63(52-31-24-43(25-32-52)48-23-22-42-12-4-5-15-47(42)38-48)54-35-28-46(29-36-54)59-40-50-16-6-8-18-55(50)57-19-9-10-20-58(57)59/h1-41H. The Bertz CT molecular complexity index is 3610. The number of fused-ring (bicyclic) bond motifs is 5. The summed E-state index contributed by atoms with van der Waals surface area (Å²) in [7, 11) is 0. The molecule has 1 aromatic heterocycles. The predicted octanol–water partition coefficient (Wildman–Crippen LogP) is 17.7. The summed E-state index contributed by atoms with van der Waals surface area (Å²) < 4.78 is 6.48. The lowest BCUT2D eigenvalue weighted by molar-refractivity contribution is 0.632. The van der Waals surface area contributed by atoms with E-state index in [-0.39, 0.29) is 0 Å². The van der Waals surface area contributed by atoms with Crippen molar-refractivity contribution in [1.82, 2.24) is 0 Å². The van der Waals surface area contributed by atoms with Crippen LogP contribution in [0.5, 0.6) is 0 Å². The topological polar surface area (TPSA) is 16.4 Å². The molecule has 64 heavy (non-hydrogen) atoms. The predicted molar refractivity (Wildman–Crippen MR) is 271 cm³/mol. The number of anilines is 3. The lowest BCUT2D eigenvalue weighted by Gasteiger charge is -2.26. The molecule has 12 aromatic rings. The van der Waals surface area contributed by atoms with Crippen molar-refractivity contribution in [2.45, 2.75) is 0 Å². The van der Waals surface area contributed by atoms with Crippen LogP contribution in [0.4, 0.5) is 17.1 Å². The summed E-state index contributed by atoms with van der Waals surface area (Å²) in [5.41, 5.74) is 14.5. The highest BCUT2D eigenvalue weighted by atomic mass is 16.3. The van der Waals surface area contributed by atoms with Crippen molar-refractivity contribution in [3.05, 3.63) is 249 Å². The van der Waals surface area contributed by atoms with Gasteiger partial charge >= 0.3 is 0 Å². The number of hydrogen-bond donors (Lipinski definition) is 0. The van der Waals surface area contributed by atoms with Crippen LogP contribution in [-0.2, 0) is 0 Å². The summed E-state index contributed by atoms with van der Waals surface area (Å²) in [4.78, 5) is 2.36. The SMILES string of the molecule is c1ccc(-c2ccc(-c3ccc(N(c4ccc(-c5ccc6ccccc6c5)cc4)c4ccc(-c5cc6ccccc6c6ccccc56)cc4)cc3)cc2-c2cc3ccccc3o2)cc1. The molecule has 0 aliphatic heterocycles. The molecule has 2 heteroatoms. The molecule has 12 rings (SSSR count). The van der Waals surface area contributed by atoms with E-state index in [1.807, 2.05) is 12.1 Å². The minimum atomic E-state index is 0.858. The Morgan fingerprint density at radius 3 is 1.44 bits per heavy atom. The molecule has 300 valence electrons. The van der Waals surface area contributed by atoms with Gasteiger partial charge in [-0.2, -0.15) is 0 Å². The second-order valence-corrected chi connectivity index (χ2v) is 16.5. The molecule has 1 heterocycles. The van der Waals surface area contributed by atoms with Crippen LogP contribution in [0.25, 0.3) is 99.1 Å². The van der Waals surface area contributed by atoms with E-state index in [9.17, 15) is 0 Å². The van der Waals surface area contributed by atoms with E-state index in [0.29, 0.717) is 0 Å². The fraction of sp³-hybridized carbons (Fsp3) is 0. The first-order chi connectivity index (χ1) is 31.7. The first kappa shape index (κ1) is 37.3. The monoisotopic (exact) mass is 815 g/mol. The third kappa shape index (κ3) is 6.79. The van der Waals surface area contributed by atoms with Gasteiger partial charge in [0.1, 0.15) is 11.3 Å². The third-order valence-electron chi connectivity index (χ3n) is 12.7. The van der Waals surface area contributed by atoms with Crippen LogP contribution in [0.2, 0.25) is 0 Å². The van der Waals surface area contributed by atoms with Gasteiger partial charge in [-0.15, -0.1) is 0 Å². The van der Waals surface area contributed by atoms with Crippen molar-refractivity contribution >= 4 is 60.3 Å². The van der Waals surface area contributed by atoms with Crippen LogP contribution in [0.15, 0.2) is 253 Å². The minimum Gasteiger partial charge on any atom is -0.456 e. The van der Waals surface area contributed by atoms with Crippen LogP contribution < -0.4 is 4.90 Å². The molecule has 0 saturated carbocycles. The molecule has 0 N–H and O–H groups in total. The Balaban J connectivity index is 0.940. The maximum Gasteiger partial charge on any atom is 0.136 e. The lowest BCUT2D eigenvalue weighted by Crippen LogP contribution is -2.09. The van der Waals surface area contributed by atoms with Gasteiger partial charge in [-0.1, -0.05) is 182 Å². The maximum atomic E-state index is 6.48. The number of nitrogens with zero attached hydrogens (tertiary/aromatic N) is 1. The highest BCUT2D eigenvalue weighted by Gasteiger charge is 2.17. The highest BCUT2D eigenvalue weighted by molar-refractivity contribution is 6.13. The molecular weight excluding hydrogens is 775 g/mol. The summed E-state index contributed by atoms with van der Waals surface area (Å²) in [6.07, 6.45) is 0. The zero-order chi connectivity index (χ0) is 42.4. The van der Waals surface area contributed by atoms with E-state index in [1.165, 1.54) is 54.6 Å². The number of benzene rings is 11. The second-order valence-electron chi connectivity index (χ2n) is 16.5. The van der Waals surface area contributed by atoms with Gasteiger partial charge in [0.05, 0.1) is 0 Å². The Morgan fingerprint density at radius 2 is 0.750 bits per heavy atom. The largest absolute Gasteiger partial charge is 0.456 e. The third-order valence-corrected chi connectivity index (χ3v) is 12.7. The first-order valence-corrected chi connectivity index (χ1v) is 21.9. The van der Waals surface area contributed by atoms with Crippen molar-refractivity contribution in [2.75, 3.05) is 4.90 Å². The van der Waals surface area contributed by atoms with E-state index in [0.717, 1.165) is 61.6 Å². The van der Waals surface area contributed by atoms with Crippen molar-refractivity contribution in [2.24, 2.45) is 0 Å². The number of para-hydroxylation sites is 1. The van der Waals surface area contributed by atoms with Gasteiger partial charge in [-0.05, 0) is 144 Å². The molecule has 0 fully saturated rings. The lowest BCUT2D eigenvalue weighted by atomic mass is 9.93. The molecule has 0 radical (unpaired) electrons. The molecule has 2 nitrogen and oxygen atoms in total. The quantitative estimate of drug-likeness (QED) is 0.142. The summed E-state index contributed by atoms with van der Waals surface area (Å²) in [6, 6.07) is 89.6. The summed E-state index contributed by atoms with van der Waals surface area (Å²) in [5, 5.41) is 8.62. The van der Waals surface area contributed by atoms with Gasteiger partial charge < -0.3 is 9.32 Å². The van der Waals surface area contributed by atoms with Crippen molar-refractivity contribution in [3.8, 4) is 55.8 Å². The molecular formula is C62H41NO. The van der Waals surface area contributed by atoms with Crippen LogP contribution in [0.3, 0.4) is 0 Å². The Morgan fingerprint density at radius 1 is 0.250 bits per heavy atom. The first-order valence-electron chi connectivity index (χ1n) is 21.9. The van der Waals surface area contributed by atoms with Crippen molar-refractivity contribution in [1.29, 1.82) is 0 Å². The van der Waals surface area contributed by atoms with E-state index in [4.69, 9.17) is 4.42 Å². The molecule has 11 aromatic carbocycles. The normalized spacial score (nSPS) is 11.4. The fourth-order valence-corrected chi connectivity index (χ4v) is 9.42. The van der Waals surface area contributed by atoms with Gasteiger partial charge in [0.25, 0.3) is 0 Å². The smallest absolute Gasteiger partial charge is 0.136 e. The van der Waals surface area contributed by atoms with Gasteiger partial charge in [0.15, 0.2) is 0 Å². The number of hydrogen-bond acceptors (Lipinski definition) is 2. The second kappa shape index (κ2) is 15.8. The maximum absolute atomic E-state index is 6.48. The van der Waals surface area contributed by atoms with Gasteiger partial charge in [-0.3, -0.25) is 0 Å². The van der Waals surface area contributed by atoms with E-state index in [1.54, 1.807) is 0 Å². The molecule has 0 aliphatic rings. The summed E-state index contributed by atoms with van der Waals surface area (Å²) in [6.45, 7) is 0. The minimum absolute atomic E-state index is 0.858. The Kier molecular flexibility index (Phi) is 9.20. The van der Waals surface area contributed by atoms with E-state index in [2.05, 4.69) is 241 Å².